The quantitative estimate of drug-likeness (QED) is 0.0221. The molecule has 320 valence electrons. The maximum absolute atomic E-state index is 12.2. The molecule has 1 amide bonds. The summed E-state index contributed by atoms with van der Waals surface area (Å²) < 4.78 is 27.3. The van der Waals surface area contributed by atoms with Gasteiger partial charge in [0.2, 0.25) is 0 Å². The molecule has 1 atom stereocenters. The number of hydrogen-bond donors (Lipinski definition) is 1. The van der Waals surface area contributed by atoms with Crippen molar-refractivity contribution >= 4 is 18.5 Å². The standard InChI is InChI=1S/C28H47FN2O6.C18H36/c1-2-3-4-5-6-7-8-9-10-11-12-13-14-15-16-17-27(33)35-22-26(37-24-32)23-36-28(34)30-25-20-31(21-25)19-18-29;1-3-5-7-9-11-13-15-17-18-16-14-12-10-8-6-4-2/h6-7,9-10,24-26H,2-5,8,11-23H2,1H3,(H,30,34);17-18H,3-16H2,1-2H3/b7-6-,10-9-;18-17-. The predicted molar refractivity (Wildman–Crippen MR) is 227 cm³/mol. The van der Waals surface area contributed by atoms with Crippen LogP contribution < -0.4 is 5.32 Å². The van der Waals surface area contributed by atoms with Crippen LogP contribution in [0.4, 0.5) is 9.18 Å². The molecule has 1 aliphatic rings. The first-order valence-corrected chi connectivity index (χ1v) is 22.4. The molecule has 1 aliphatic heterocycles. The summed E-state index contributed by atoms with van der Waals surface area (Å²) in [7, 11) is 0. The molecule has 1 heterocycles. The zero-order valence-electron chi connectivity index (χ0n) is 35.6. The molecule has 0 aromatic heterocycles. The van der Waals surface area contributed by atoms with Gasteiger partial charge in [0.15, 0.2) is 6.10 Å². The summed E-state index contributed by atoms with van der Waals surface area (Å²) in [4.78, 5) is 36.4. The normalized spacial score (nSPS) is 13.8. The third-order valence-corrected chi connectivity index (χ3v) is 9.71. The first kappa shape index (κ1) is 52.3. The van der Waals surface area contributed by atoms with Crippen LogP contribution in [0.5, 0.6) is 0 Å². The lowest BCUT2D eigenvalue weighted by Gasteiger charge is -2.38. The van der Waals surface area contributed by atoms with Crippen molar-refractivity contribution in [3.05, 3.63) is 36.5 Å². The first-order chi connectivity index (χ1) is 27.0. The van der Waals surface area contributed by atoms with E-state index in [0.29, 0.717) is 26.1 Å². The SMILES string of the molecule is CCCCC/C=C\C/C=C\CCCCCCCC(=O)OCC(COC(=O)NC1CN(CCF)C1)OC=O.CCCCCCCC/C=C\CCCCCCCC. The van der Waals surface area contributed by atoms with Gasteiger partial charge < -0.3 is 19.5 Å². The average Bonchev–Trinajstić information content (AvgIpc) is 3.17. The number of esters is 1. The fourth-order valence-corrected chi connectivity index (χ4v) is 6.21. The predicted octanol–water partition coefficient (Wildman–Crippen LogP) is 12.3. The minimum absolute atomic E-state index is 0.0916. The van der Waals surface area contributed by atoms with Crippen LogP contribution in [-0.2, 0) is 23.8 Å². The Labute approximate surface area is 336 Å². The number of carbonyl (C=O) groups is 3. The summed E-state index contributed by atoms with van der Waals surface area (Å²) in [6.07, 6.45) is 44.4. The van der Waals surface area contributed by atoms with E-state index < -0.39 is 18.9 Å². The van der Waals surface area contributed by atoms with Crippen LogP contribution in [0.1, 0.15) is 188 Å². The van der Waals surface area contributed by atoms with Gasteiger partial charge >= 0.3 is 12.1 Å². The molecular weight excluding hydrogens is 696 g/mol. The van der Waals surface area contributed by atoms with Crippen molar-refractivity contribution in [2.75, 3.05) is 39.5 Å². The fraction of sp³-hybridized carbons (Fsp3) is 0.804. The molecule has 0 radical (unpaired) electrons. The molecule has 1 saturated heterocycles. The van der Waals surface area contributed by atoms with Crippen LogP contribution in [0.15, 0.2) is 36.5 Å². The topological polar surface area (TPSA) is 94.2 Å². The number of halogens is 1. The maximum atomic E-state index is 12.2. The van der Waals surface area contributed by atoms with Gasteiger partial charge in [-0.2, -0.15) is 0 Å². The molecule has 0 aromatic carbocycles. The second kappa shape index (κ2) is 42.5. The lowest BCUT2D eigenvalue weighted by molar-refractivity contribution is -0.153. The summed E-state index contributed by atoms with van der Waals surface area (Å²) in [6, 6.07) is -0.0916. The zero-order chi connectivity index (χ0) is 40.3. The van der Waals surface area contributed by atoms with Crippen LogP contribution in [0.25, 0.3) is 0 Å². The molecule has 1 N–H and O–H groups in total. The second-order valence-electron chi connectivity index (χ2n) is 15.0. The Morgan fingerprint density at radius 2 is 1.07 bits per heavy atom. The van der Waals surface area contributed by atoms with Gasteiger partial charge in [0.05, 0.1) is 6.04 Å². The average molecular weight is 779 g/mol. The van der Waals surface area contributed by atoms with E-state index >= 15 is 0 Å². The molecule has 0 aliphatic carbocycles. The lowest BCUT2D eigenvalue weighted by atomic mass is 10.1. The molecule has 0 bridgehead atoms. The van der Waals surface area contributed by atoms with Gasteiger partial charge in [0.1, 0.15) is 19.9 Å². The highest BCUT2D eigenvalue weighted by molar-refractivity contribution is 5.69. The molecular formula is C46H83FN2O6. The number of hydrogen-bond acceptors (Lipinski definition) is 7. The van der Waals surface area contributed by atoms with E-state index in [4.69, 9.17) is 14.2 Å². The number of nitrogens with one attached hydrogen (secondary N) is 1. The highest BCUT2D eigenvalue weighted by atomic mass is 19.1. The smallest absolute Gasteiger partial charge is 0.407 e. The van der Waals surface area contributed by atoms with E-state index in [9.17, 15) is 18.8 Å². The van der Waals surface area contributed by atoms with Crippen molar-refractivity contribution in [3.63, 3.8) is 0 Å². The fourth-order valence-electron chi connectivity index (χ4n) is 6.21. The largest absolute Gasteiger partial charge is 0.462 e. The third kappa shape index (κ3) is 38.0. The molecule has 9 heteroatoms. The number of nitrogens with zero attached hydrogens (tertiary/aromatic N) is 1. The molecule has 0 spiro atoms. The summed E-state index contributed by atoms with van der Waals surface area (Å²) in [5, 5.41) is 2.66. The molecule has 0 saturated carbocycles. The Bertz CT molecular complexity index is 935. The van der Waals surface area contributed by atoms with E-state index in [0.717, 1.165) is 44.9 Å². The number of alkyl carbamates (subject to hydrolysis) is 1. The molecule has 1 fully saturated rings. The number of unbranched alkanes of at least 4 members (excludes halogenated alkanes) is 20. The van der Waals surface area contributed by atoms with Crippen LogP contribution in [0.3, 0.4) is 0 Å². The summed E-state index contributed by atoms with van der Waals surface area (Å²) in [5.74, 6) is -0.364. The van der Waals surface area contributed by atoms with E-state index in [1.54, 1.807) is 0 Å². The Morgan fingerprint density at radius 3 is 1.58 bits per heavy atom. The Morgan fingerprint density at radius 1 is 0.636 bits per heavy atom. The van der Waals surface area contributed by atoms with Gasteiger partial charge in [-0.15, -0.1) is 0 Å². The zero-order valence-corrected chi connectivity index (χ0v) is 35.6. The third-order valence-electron chi connectivity index (χ3n) is 9.71. The summed E-state index contributed by atoms with van der Waals surface area (Å²) in [6.45, 7) is 7.70. The van der Waals surface area contributed by atoms with Crippen molar-refractivity contribution in [2.24, 2.45) is 0 Å². The van der Waals surface area contributed by atoms with E-state index in [-0.39, 0.29) is 31.7 Å². The number of amides is 1. The molecule has 8 nitrogen and oxygen atoms in total. The number of carbonyl (C=O) groups excluding carboxylic acids is 3. The van der Waals surface area contributed by atoms with Gasteiger partial charge in [-0.25, -0.2) is 9.18 Å². The molecule has 55 heavy (non-hydrogen) atoms. The van der Waals surface area contributed by atoms with Gasteiger partial charge in [-0.05, 0) is 64.2 Å². The lowest BCUT2D eigenvalue weighted by Crippen LogP contribution is -2.59. The van der Waals surface area contributed by atoms with Crippen molar-refractivity contribution < 1.29 is 33.0 Å². The van der Waals surface area contributed by atoms with Crippen LogP contribution in [0, 0.1) is 0 Å². The Hall–Kier alpha value is -2.68. The van der Waals surface area contributed by atoms with Gasteiger partial charge in [0, 0.05) is 26.1 Å². The van der Waals surface area contributed by atoms with Crippen molar-refractivity contribution in [2.45, 2.75) is 200 Å². The highest BCUT2D eigenvalue weighted by Gasteiger charge is 2.28. The van der Waals surface area contributed by atoms with Crippen molar-refractivity contribution in [3.8, 4) is 0 Å². The Balaban J connectivity index is 0.00000136. The highest BCUT2D eigenvalue weighted by Crippen LogP contribution is 2.12. The van der Waals surface area contributed by atoms with Crippen molar-refractivity contribution in [1.82, 2.24) is 10.2 Å². The minimum atomic E-state index is -0.860. The monoisotopic (exact) mass is 779 g/mol. The van der Waals surface area contributed by atoms with E-state index in [1.807, 2.05) is 4.90 Å². The number of likely N-dealkylation sites (tertiary alicyclic amines) is 1. The van der Waals surface area contributed by atoms with Gasteiger partial charge in [-0.1, -0.05) is 154 Å². The number of rotatable bonds is 37. The van der Waals surface area contributed by atoms with Crippen LogP contribution in [0.2, 0.25) is 0 Å². The number of alkyl halides is 1. The summed E-state index contributed by atoms with van der Waals surface area (Å²) in [5.41, 5.74) is 0. The molecule has 1 unspecified atom stereocenters. The second-order valence-corrected chi connectivity index (χ2v) is 15.0. The maximum Gasteiger partial charge on any atom is 0.407 e. The molecule has 1 rings (SSSR count). The van der Waals surface area contributed by atoms with Crippen LogP contribution >= 0.6 is 0 Å². The minimum Gasteiger partial charge on any atom is -0.462 e. The van der Waals surface area contributed by atoms with Crippen molar-refractivity contribution in [1.29, 1.82) is 0 Å². The van der Waals surface area contributed by atoms with E-state index in [1.165, 1.54) is 116 Å². The first-order valence-electron chi connectivity index (χ1n) is 22.4. The van der Waals surface area contributed by atoms with Gasteiger partial charge in [-0.3, -0.25) is 14.5 Å². The Kier molecular flexibility index (Phi) is 40.4. The molecule has 0 aromatic rings. The summed E-state index contributed by atoms with van der Waals surface area (Å²) >= 11 is 0. The van der Waals surface area contributed by atoms with E-state index in [2.05, 4.69) is 62.5 Å². The number of ether oxygens (including phenoxy) is 3. The van der Waals surface area contributed by atoms with Crippen LogP contribution in [-0.4, -0.2) is 75.1 Å². The number of allylic oxidation sites excluding steroid dienone is 6. The van der Waals surface area contributed by atoms with Gasteiger partial charge in [0.25, 0.3) is 6.47 Å².